The van der Waals surface area contributed by atoms with E-state index in [1.165, 1.54) is 25.0 Å². The quantitative estimate of drug-likeness (QED) is 0.598. The summed E-state index contributed by atoms with van der Waals surface area (Å²) in [4.78, 5) is 11.0. The maximum Gasteiger partial charge on any atom is 0.336 e. The first-order chi connectivity index (χ1) is 9.90. The molecule has 2 rings (SSSR count). The first-order valence-corrected chi connectivity index (χ1v) is 8.93. The van der Waals surface area contributed by atoms with Crippen LogP contribution in [0.1, 0.15) is 29.6 Å². The molecular weight excluding hydrogens is 360 g/mol. The normalized spacial score (nSPS) is 15.1. The van der Waals surface area contributed by atoms with Gasteiger partial charge in [0.15, 0.2) is 0 Å². The third kappa shape index (κ3) is 4.77. The predicted molar refractivity (Wildman–Crippen MR) is 81.9 cm³/mol. The van der Waals surface area contributed by atoms with Gasteiger partial charge in [0, 0.05) is 17.1 Å². The van der Waals surface area contributed by atoms with Crippen molar-refractivity contribution in [3.05, 3.63) is 28.2 Å². The number of nitrogens with one attached hydrogen (secondary N) is 2. The number of carboxylic acids is 1. The van der Waals surface area contributed by atoms with Gasteiger partial charge in [-0.05, 0) is 59.9 Å². The second kappa shape index (κ2) is 6.87. The third-order valence-electron chi connectivity index (χ3n) is 3.13. The lowest BCUT2D eigenvalue weighted by Gasteiger charge is -2.08. The fraction of sp³-hybridized carbons (Fsp3) is 0.462. The molecule has 8 heteroatoms. The molecule has 0 heterocycles. The Hall–Kier alpha value is -0.960. The number of benzene rings is 1. The number of rotatable bonds is 8. The van der Waals surface area contributed by atoms with Gasteiger partial charge in [-0.3, -0.25) is 0 Å². The molecule has 0 unspecified atom stereocenters. The van der Waals surface area contributed by atoms with Gasteiger partial charge in [-0.15, -0.1) is 0 Å². The largest absolute Gasteiger partial charge is 0.478 e. The highest BCUT2D eigenvalue weighted by molar-refractivity contribution is 9.10. The smallest absolute Gasteiger partial charge is 0.336 e. The van der Waals surface area contributed by atoms with Crippen LogP contribution in [-0.2, 0) is 10.0 Å². The molecule has 0 spiro atoms. The summed E-state index contributed by atoms with van der Waals surface area (Å²) < 4.78 is 27.0. The van der Waals surface area contributed by atoms with E-state index < -0.39 is 16.0 Å². The lowest BCUT2D eigenvalue weighted by Crippen LogP contribution is -2.28. The van der Waals surface area contributed by atoms with Crippen LogP contribution in [-0.4, -0.2) is 38.6 Å². The Labute approximate surface area is 132 Å². The lowest BCUT2D eigenvalue weighted by atomic mass is 10.2. The Kier molecular flexibility index (Phi) is 5.37. The van der Waals surface area contributed by atoms with E-state index in [0.29, 0.717) is 23.5 Å². The minimum atomic E-state index is -3.68. The highest BCUT2D eigenvalue weighted by Gasteiger charge is 2.20. The van der Waals surface area contributed by atoms with Gasteiger partial charge in [0.1, 0.15) is 0 Å². The number of carboxylic acid groups (broad SMARTS) is 1. The molecule has 21 heavy (non-hydrogen) atoms. The van der Waals surface area contributed by atoms with E-state index in [9.17, 15) is 13.2 Å². The summed E-state index contributed by atoms with van der Waals surface area (Å²) in [5, 5.41) is 12.3. The summed E-state index contributed by atoms with van der Waals surface area (Å²) >= 11 is 3.09. The summed E-state index contributed by atoms with van der Waals surface area (Å²) in [5.41, 5.74) is -0.0757. The molecular formula is C13H17BrN2O4S. The van der Waals surface area contributed by atoms with Gasteiger partial charge in [0.25, 0.3) is 0 Å². The minimum absolute atomic E-state index is 0.0433. The summed E-state index contributed by atoms with van der Waals surface area (Å²) in [6.07, 6.45) is 3.09. The molecule has 1 aromatic rings. The molecule has 0 bridgehead atoms. The molecule has 116 valence electrons. The van der Waals surface area contributed by atoms with Gasteiger partial charge < -0.3 is 10.4 Å². The number of halogens is 1. The number of carbonyl (C=O) groups is 1. The van der Waals surface area contributed by atoms with E-state index in [1.807, 2.05) is 0 Å². The molecule has 0 aliphatic heterocycles. The van der Waals surface area contributed by atoms with Crippen molar-refractivity contribution in [2.45, 2.75) is 30.2 Å². The van der Waals surface area contributed by atoms with Crippen LogP contribution in [0.25, 0.3) is 0 Å². The molecule has 0 atom stereocenters. The molecule has 0 amide bonds. The van der Waals surface area contributed by atoms with Crippen molar-refractivity contribution in [2.24, 2.45) is 0 Å². The summed E-state index contributed by atoms with van der Waals surface area (Å²) in [5.74, 6) is -1.17. The highest BCUT2D eigenvalue weighted by atomic mass is 79.9. The molecule has 0 radical (unpaired) electrons. The molecule has 6 nitrogen and oxygen atoms in total. The average molecular weight is 377 g/mol. The fourth-order valence-electron chi connectivity index (χ4n) is 1.81. The first kappa shape index (κ1) is 16.4. The fourth-order valence-corrected chi connectivity index (χ4v) is 3.32. The highest BCUT2D eigenvalue weighted by Crippen LogP contribution is 2.21. The second-order valence-electron chi connectivity index (χ2n) is 4.93. The average Bonchev–Trinajstić information content (AvgIpc) is 3.22. The number of hydrogen-bond donors (Lipinski definition) is 3. The number of sulfonamides is 1. The molecule has 1 aliphatic rings. The lowest BCUT2D eigenvalue weighted by molar-refractivity contribution is 0.0695. The SMILES string of the molecule is O=C(O)c1cc(S(=O)(=O)NCCCNC2CC2)ccc1Br. The van der Waals surface area contributed by atoms with Gasteiger partial charge in [-0.2, -0.15) is 0 Å². The summed E-state index contributed by atoms with van der Waals surface area (Å²) in [6, 6.07) is 4.55. The van der Waals surface area contributed by atoms with Crippen molar-refractivity contribution in [3.63, 3.8) is 0 Å². The predicted octanol–water partition coefficient (Wildman–Crippen LogP) is 1.57. The van der Waals surface area contributed by atoms with Gasteiger partial charge >= 0.3 is 5.97 Å². The Morgan fingerprint density at radius 1 is 1.33 bits per heavy atom. The van der Waals surface area contributed by atoms with Crippen LogP contribution in [0.4, 0.5) is 0 Å². The molecule has 1 saturated carbocycles. The minimum Gasteiger partial charge on any atom is -0.478 e. The van der Waals surface area contributed by atoms with Crippen LogP contribution < -0.4 is 10.0 Å². The summed E-state index contributed by atoms with van der Waals surface area (Å²) in [6.45, 7) is 1.09. The van der Waals surface area contributed by atoms with Crippen LogP contribution in [0.3, 0.4) is 0 Å². The van der Waals surface area contributed by atoms with Crippen LogP contribution >= 0.6 is 15.9 Å². The van der Waals surface area contributed by atoms with E-state index in [-0.39, 0.29) is 10.5 Å². The van der Waals surface area contributed by atoms with Gasteiger partial charge in [0.2, 0.25) is 10.0 Å². The Morgan fingerprint density at radius 2 is 2.05 bits per heavy atom. The molecule has 1 aliphatic carbocycles. The van der Waals surface area contributed by atoms with E-state index in [1.54, 1.807) is 0 Å². The molecule has 0 aromatic heterocycles. The topological polar surface area (TPSA) is 95.5 Å². The second-order valence-corrected chi connectivity index (χ2v) is 7.55. The number of aromatic carboxylic acids is 1. The number of hydrogen-bond acceptors (Lipinski definition) is 4. The first-order valence-electron chi connectivity index (χ1n) is 6.66. The Morgan fingerprint density at radius 3 is 2.67 bits per heavy atom. The monoisotopic (exact) mass is 376 g/mol. The molecule has 1 aromatic carbocycles. The summed E-state index contributed by atoms with van der Waals surface area (Å²) in [7, 11) is -3.68. The standard InChI is InChI=1S/C13H17BrN2O4S/c14-12-5-4-10(8-11(12)13(17)18)21(19,20)16-7-1-6-15-9-2-3-9/h4-5,8-9,15-16H,1-3,6-7H2,(H,17,18). The Bertz CT molecular complexity index is 629. The maximum absolute atomic E-state index is 12.1. The van der Waals surface area contributed by atoms with Crippen LogP contribution in [0, 0.1) is 0 Å². The van der Waals surface area contributed by atoms with E-state index in [4.69, 9.17) is 5.11 Å². The molecule has 1 fully saturated rings. The third-order valence-corrected chi connectivity index (χ3v) is 5.28. The van der Waals surface area contributed by atoms with Crippen LogP contribution in [0.2, 0.25) is 0 Å². The van der Waals surface area contributed by atoms with E-state index in [2.05, 4.69) is 26.0 Å². The zero-order valence-corrected chi connectivity index (χ0v) is 13.7. The Balaban J connectivity index is 1.94. The zero-order chi connectivity index (χ0) is 15.5. The van der Waals surface area contributed by atoms with Crippen molar-refractivity contribution in [3.8, 4) is 0 Å². The van der Waals surface area contributed by atoms with Crippen molar-refractivity contribution in [1.82, 2.24) is 10.0 Å². The van der Waals surface area contributed by atoms with Crippen molar-refractivity contribution < 1.29 is 18.3 Å². The van der Waals surface area contributed by atoms with Crippen LogP contribution in [0.15, 0.2) is 27.6 Å². The van der Waals surface area contributed by atoms with E-state index in [0.717, 1.165) is 12.6 Å². The van der Waals surface area contributed by atoms with Crippen molar-refractivity contribution >= 4 is 31.9 Å². The van der Waals surface area contributed by atoms with Gasteiger partial charge in [-0.1, -0.05) is 0 Å². The zero-order valence-electron chi connectivity index (χ0n) is 11.3. The maximum atomic E-state index is 12.1. The van der Waals surface area contributed by atoms with Crippen molar-refractivity contribution in [1.29, 1.82) is 0 Å². The van der Waals surface area contributed by atoms with Gasteiger partial charge in [0.05, 0.1) is 10.5 Å². The van der Waals surface area contributed by atoms with Gasteiger partial charge in [-0.25, -0.2) is 17.9 Å². The molecule has 0 saturated heterocycles. The van der Waals surface area contributed by atoms with E-state index >= 15 is 0 Å². The van der Waals surface area contributed by atoms with Crippen molar-refractivity contribution in [2.75, 3.05) is 13.1 Å². The van der Waals surface area contributed by atoms with Crippen LogP contribution in [0.5, 0.6) is 0 Å². The molecule has 3 N–H and O–H groups in total.